The van der Waals surface area contributed by atoms with E-state index < -0.39 is 18.0 Å². The summed E-state index contributed by atoms with van der Waals surface area (Å²) in [6.07, 6.45) is -0.985. The first kappa shape index (κ1) is 16.3. The van der Waals surface area contributed by atoms with Crippen molar-refractivity contribution in [3.8, 4) is 0 Å². The molecule has 0 aliphatic heterocycles. The van der Waals surface area contributed by atoms with Crippen LogP contribution in [0.5, 0.6) is 0 Å². The van der Waals surface area contributed by atoms with E-state index in [2.05, 4.69) is 31.4 Å². The molecule has 7 nitrogen and oxygen atoms in total. The third-order valence-corrected chi connectivity index (χ3v) is 3.83. The Morgan fingerprint density at radius 2 is 2.12 bits per heavy atom. The summed E-state index contributed by atoms with van der Waals surface area (Å²) in [7, 11) is 0. The Kier molecular flexibility index (Phi) is 4.39. The first-order valence-corrected chi connectivity index (χ1v) is 7.95. The van der Waals surface area contributed by atoms with Gasteiger partial charge >= 0.3 is 5.97 Å². The van der Waals surface area contributed by atoms with Crippen molar-refractivity contribution in [3.63, 3.8) is 0 Å². The maximum Gasteiger partial charge on any atom is 0.355 e. The largest absolute Gasteiger partial charge is 0.448 e. The average molecular weight is 392 g/mol. The van der Waals surface area contributed by atoms with Gasteiger partial charge in [0.25, 0.3) is 5.91 Å². The number of esters is 1. The van der Waals surface area contributed by atoms with E-state index in [1.165, 1.54) is 6.92 Å². The van der Waals surface area contributed by atoms with Crippen molar-refractivity contribution >= 4 is 44.6 Å². The van der Waals surface area contributed by atoms with Crippen molar-refractivity contribution in [1.82, 2.24) is 10.1 Å². The summed E-state index contributed by atoms with van der Waals surface area (Å²) in [6.45, 7) is 3.21. The topological polar surface area (TPSA) is 97.2 Å². The van der Waals surface area contributed by atoms with Crippen LogP contribution in [0, 0.1) is 6.92 Å². The van der Waals surface area contributed by atoms with Crippen LogP contribution in [-0.2, 0) is 9.53 Å². The summed E-state index contributed by atoms with van der Waals surface area (Å²) >= 11 is 3.37. The van der Waals surface area contributed by atoms with Gasteiger partial charge < -0.3 is 14.2 Å². The molecular weight excluding hydrogens is 378 g/mol. The van der Waals surface area contributed by atoms with Crippen molar-refractivity contribution in [2.45, 2.75) is 20.0 Å². The van der Waals surface area contributed by atoms with E-state index >= 15 is 0 Å². The molecule has 0 saturated carbocycles. The van der Waals surface area contributed by atoms with Gasteiger partial charge in [0.15, 0.2) is 6.10 Å². The molecule has 3 rings (SSSR count). The highest BCUT2D eigenvalue weighted by Crippen LogP contribution is 2.21. The van der Waals surface area contributed by atoms with E-state index in [0.717, 1.165) is 15.4 Å². The van der Waals surface area contributed by atoms with Crippen LogP contribution < -0.4 is 5.32 Å². The number of aromatic nitrogens is 2. The number of nitrogens with zero attached hydrogens (tertiary/aromatic N) is 1. The highest BCUT2D eigenvalue weighted by atomic mass is 79.9. The number of carbonyl (C=O) groups excluding carboxylic acids is 2. The molecule has 1 aromatic carbocycles. The third kappa shape index (κ3) is 3.48. The lowest BCUT2D eigenvalue weighted by Gasteiger charge is -2.11. The van der Waals surface area contributed by atoms with Crippen molar-refractivity contribution in [3.05, 3.63) is 46.2 Å². The number of nitrogens with one attached hydrogen (secondary N) is 2. The Morgan fingerprint density at radius 1 is 1.33 bits per heavy atom. The molecule has 0 saturated heterocycles. The average Bonchev–Trinajstić information content (AvgIpc) is 3.12. The quantitative estimate of drug-likeness (QED) is 0.664. The summed E-state index contributed by atoms with van der Waals surface area (Å²) in [5.74, 6) is -0.909. The van der Waals surface area contributed by atoms with E-state index in [4.69, 9.17) is 9.26 Å². The van der Waals surface area contributed by atoms with Gasteiger partial charge in [-0.3, -0.25) is 10.1 Å². The van der Waals surface area contributed by atoms with Crippen LogP contribution in [0.2, 0.25) is 0 Å². The van der Waals surface area contributed by atoms with Gasteiger partial charge in [-0.15, -0.1) is 0 Å². The van der Waals surface area contributed by atoms with Crippen molar-refractivity contribution in [1.29, 1.82) is 0 Å². The Morgan fingerprint density at radius 3 is 2.83 bits per heavy atom. The number of hydrogen-bond donors (Lipinski definition) is 2. The number of H-pyrrole nitrogens is 1. The molecule has 1 atom stereocenters. The second kappa shape index (κ2) is 6.48. The number of rotatable bonds is 4. The van der Waals surface area contributed by atoms with E-state index in [1.54, 1.807) is 19.1 Å². The van der Waals surface area contributed by atoms with Gasteiger partial charge in [0.2, 0.25) is 5.88 Å². The van der Waals surface area contributed by atoms with Crippen LogP contribution >= 0.6 is 15.9 Å². The monoisotopic (exact) mass is 391 g/mol. The minimum atomic E-state index is -0.985. The maximum atomic E-state index is 12.2. The molecule has 3 aromatic rings. The lowest BCUT2D eigenvalue weighted by atomic mass is 10.2. The molecule has 1 amide bonds. The molecule has 0 radical (unpaired) electrons. The molecule has 0 aliphatic rings. The van der Waals surface area contributed by atoms with Gasteiger partial charge in [-0.1, -0.05) is 27.2 Å². The number of aromatic amines is 1. The number of ether oxygens (including phenoxy) is 1. The van der Waals surface area contributed by atoms with Gasteiger partial charge in [-0.25, -0.2) is 4.79 Å². The second-order valence-corrected chi connectivity index (χ2v) is 6.20. The van der Waals surface area contributed by atoms with Crippen molar-refractivity contribution in [2.75, 3.05) is 5.32 Å². The molecule has 0 bridgehead atoms. The van der Waals surface area contributed by atoms with Crippen LogP contribution in [0.25, 0.3) is 10.9 Å². The first-order valence-electron chi connectivity index (χ1n) is 7.16. The minimum absolute atomic E-state index is 0.205. The third-order valence-electron chi connectivity index (χ3n) is 3.33. The lowest BCUT2D eigenvalue weighted by Crippen LogP contribution is -2.29. The van der Waals surface area contributed by atoms with Crippen LogP contribution in [0.3, 0.4) is 0 Å². The van der Waals surface area contributed by atoms with Crippen molar-refractivity contribution < 1.29 is 18.8 Å². The fourth-order valence-electron chi connectivity index (χ4n) is 2.13. The molecule has 0 unspecified atom stereocenters. The first-order chi connectivity index (χ1) is 11.4. The van der Waals surface area contributed by atoms with Crippen LogP contribution in [0.15, 0.2) is 39.3 Å². The number of amides is 1. The molecule has 0 fully saturated rings. The Bertz CT molecular complexity index is 915. The summed E-state index contributed by atoms with van der Waals surface area (Å²) in [4.78, 5) is 27.2. The van der Waals surface area contributed by atoms with Crippen LogP contribution in [0.4, 0.5) is 5.88 Å². The molecule has 0 aliphatic carbocycles. The molecule has 2 aromatic heterocycles. The van der Waals surface area contributed by atoms with Gasteiger partial charge in [0.1, 0.15) is 5.69 Å². The number of carbonyl (C=O) groups is 2. The van der Waals surface area contributed by atoms with Crippen LogP contribution in [0.1, 0.15) is 23.1 Å². The fraction of sp³-hybridized carbons (Fsp3) is 0.188. The van der Waals surface area contributed by atoms with Gasteiger partial charge in [0.05, 0.1) is 5.69 Å². The Balaban J connectivity index is 1.67. The smallest absolute Gasteiger partial charge is 0.355 e. The van der Waals surface area contributed by atoms with Crippen LogP contribution in [-0.4, -0.2) is 28.1 Å². The van der Waals surface area contributed by atoms with Crippen molar-refractivity contribution in [2.24, 2.45) is 0 Å². The molecule has 2 N–H and O–H groups in total. The van der Waals surface area contributed by atoms with E-state index in [9.17, 15) is 9.59 Å². The number of halogens is 1. The predicted octanol–water partition coefficient (Wildman–Crippen LogP) is 3.41. The Hall–Kier alpha value is -2.61. The minimum Gasteiger partial charge on any atom is -0.448 e. The second-order valence-electron chi connectivity index (χ2n) is 5.28. The highest BCUT2D eigenvalue weighted by molar-refractivity contribution is 9.10. The summed E-state index contributed by atoms with van der Waals surface area (Å²) in [5, 5.41) is 7.03. The number of benzene rings is 1. The maximum absolute atomic E-state index is 12.2. The fourth-order valence-corrected chi connectivity index (χ4v) is 2.49. The summed E-state index contributed by atoms with van der Waals surface area (Å²) in [5.41, 5.74) is 1.71. The van der Waals surface area contributed by atoms with E-state index in [-0.39, 0.29) is 11.6 Å². The molecule has 0 spiro atoms. The SMILES string of the molecule is Cc1cc(NC(=O)[C@H](C)OC(=O)c2cc3ccc(Br)cc3[nH]2)on1. The zero-order valence-electron chi connectivity index (χ0n) is 12.9. The predicted molar refractivity (Wildman–Crippen MR) is 90.7 cm³/mol. The lowest BCUT2D eigenvalue weighted by molar-refractivity contribution is -0.123. The number of hydrogen-bond acceptors (Lipinski definition) is 5. The number of aryl methyl sites for hydroxylation is 1. The molecular formula is C16H14BrN3O4. The molecule has 2 heterocycles. The van der Waals surface area contributed by atoms with Gasteiger partial charge in [0, 0.05) is 21.4 Å². The zero-order chi connectivity index (χ0) is 17.3. The number of anilines is 1. The molecule has 8 heteroatoms. The molecule has 124 valence electrons. The summed E-state index contributed by atoms with van der Waals surface area (Å²) < 4.78 is 11.0. The number of fused-ring (bicyclic) bond motifs is 1. The van der Waals surface area contributed by atoms with Gasteiger partial charge in [-0.05, 0) is 32.0 Å². The molecule has 24 heavy (non-hydrogen) atoms. The Labute approximate surface area is 145 Å². The van der Waals surface area contributed by atoms with E-state index in [1.807, 2.05) is 18.2 Å². The summed E-state index contributed by atoms with van der Waals surface area (Å²) in [6, 6.07) is 8.85. The zero-order valence-corrected chi connectivity index (χ0v) is 14.5. The normalized spacial score (nSPS) is 12.1. The highest BCUT2D eigenvalue weighted by Gasteiger charge is 2.21. The van der Waals surface area contributed by atoms with E-state index in [0.29, 0.717) is 5.69 Å². The van der Waals surface area contributed by atoms with Gasteiger partial charge in [-0.2, -0.15) is 0 Å². The standard InChI is InChI=1S/C16H14BrN3O4/c1-8-5-14(24-20-8)19-15(21)9(2)23-16(22)13-6-10-3-4-11(17)7-12(10)18-13/h3-7,9,18H,1-2H3,(H,19,21)/t9-/m0/s1.